The van der Waals surface area contributed by atoms with Gasteiger partial charge in [-0.25, -0.2) is 9.98 Å². The molecule has 0 amide bonds. The van der Waals surface area contributed by atoms with Crippen molar-refractivity contribution in [3.8, 4) is 11.5 Å². The van der Waals surface area contributed by atoms with E-state index in [-0.39, 0.29) is 6.17 Å². The number of allylic oxidation sites excluding steroid dienone is 1. The van der Waals surface area contributed by atoms with Crippen molar-refractivity contribution in [2.75, 3.05) is 0 Å². The first-order valence-corrected chi connectivity index (χ1v) is 8.44. The van der Waals surface area contributed by atoms with Crippen LogP contribution in [0.4, 0.5) is 0 Å². The number of nitrogens with one attached hydrogen (secondary N) is 1. The van der Waals surface area contributed by atoms with Gasteiger partial charge < -0.3 is 8.98 Å². The van der Waals surface area contributed by atoms with E-state index < -0.39 is 0 Å². The number of imidazole rings is 1. The van der Waals surface area contributed by atoms with Gasteiger partial charge in [0.05, 0.1) is 11.4 Å². The molecule has 0 bridgehead atoms. The van der Waals surface area contributed by atoms with Crippen LogP contribution in [0.3, 0.4) is 0 Å². The number of amidine groups is 1. The maximum absolute atomic E-state index is 5.67. The average molecular weight is 338 g/mol. The molecule has 0 aromatic carbocycles. The molecule has 0 aliphatic carbocycles. The van der Waals surface area contributed by atoms with Crippen molar-refractivity contribution in [1.82, 2.24) is 20.0 Å². The summed E-state index contributed by atoms with van der Waals surface area (Å²) in [6.45, 7) is 5.98. The Morgan fingerprint density at radius 2 is 2.04 bits per heavy atom. The highest BCUT2D eigenvalue weighted by Gasteiger charge is 2.30. The van der Waals surface area contributed by atoms with Gasteiger partial charge in [0.15, 0.2) is 11.9 Å². The van der Waals surface area contributed by atoms with Crippen LogP contribution in [0, 0.1) is 6.92 Å². The average Bonchev–Trinajstić information content (AvgIpc) is 3.28. The molecule has 1 N–H and O–H groups in total. The Kier molecular flexibility index (Phi) is 3.71. The summed E-state index contributed by atoms with van der Waals surface area (Å²) in [5.41, 5.74) is 6.32. The summed E-state index contributed by atoms with van der Waals surface area (Å²) in [7, 11) is 2.01. The molecular formula is C18H22N6O. The Morgan fingerprint density at radius 1 is 1.20 bits per heavy atom. The van der Waals surface area contributed by atoms with Crippen LogP contribution in [0.5, 0.6) is 0 Å². The van der Waals surface area contributed by atoms with Crippen molar-refractivity contribution in [3.05, 3.63) is 41.8 Å². The predicted octanol–water partition coefficient (Wildman–Crippen LogP) is 2.80. The van der Waals surface area contributed by atoms with E-state index in [4.69, 9.17) is 14.4 Å². The van der Waals surface area contributed by atoms with Gasteiger partial charge >= 0.3 is 0 Å². The lowest BCUT2D eigenvalue weighted by atomic mass is 10.2. The minimum Gasteiger partial charge on any atom is -0.460 e. The summed E-state index contributed by atoms with van der Waals surface area (Å²) >= 11 is 0. The van der Waals surface area contributed by atoms with E-state index in [0.717, 1.165) is 53.1 Å². The van der Waals surface area contributed by atoms with Crippen molar-refractivity contribution in [3.63, 3.8) is 0 Å². The second-order valence-corrected chi connectivity index (χ2v) is 6.54. The van der Waals surface area contributed by atoms with Gasteiger partial charge in [-0.3, -0.25) is 15.4 Å². The monoisotopic (exact) mass is 338 g/mol. The molecule has 7 nitrogen and oxygen atoms in total. The quantitative estimate of drug-likeness (QED) is 0.930. The molecule has 2 aromatic heterocycles. The molecule has 2 aliphatic heterocycles. The SMILES string of the molecule is CC1=CN=C(C)C2N=C(CCc3nc(-c4ccc(C)o4)cn3C)NN12. The van der Waals surface area contributed by atoms with E-state index in [0.29, 0.717) is 0 Å². The van der Waals surface area contributed by atoms with E-state index in [9.17, 15) is 0 Å². The second kappa shape index (κ2) is 5.91. The number of rotatable bonds is 4. The van der Waals surface area contributed by atoms with Gasteiger partial charge in [-0.15, -0.1) is 0 Å². The van der Waals surface area contributed by atoms with Crippen LogP contribution in [0.15, 0.2) is 44.6 Å². The molecule has 0 radical (unpaired) electrons. The van der Waals surface area contributed by atoms with E-state index in [2.05, 4.69) is 15.4 Å². The van der Waals surface area contributed by atoms with Gasteiger partial charge in [0.1, 0.15) is 23.1 Å². The van der Waals surface area contributed by atoms with E-state index in [1.165, 1.54) is 0 Å². The van der Waals surface area contributed by atoms with Gasteiger partial charge in [-0.2, -0.15) is 0 Å². The van der Waals surface area contributed by atoms with Crippen molar-refractivity contribution in [2.24, 2.45) is 17.0 Å². The zero-order valence-corrected chi connectivity index (χ0v) is 14.9. The Balaban J connectivity index is 1.46. The fourth-order valence-corrected chi connectivity index (χ4v) is 3.10. The molecule has 25 heavy (non-hydrogen) atoms. The van der Waals surface area contributed by atoms with Crippen LogP contribution in [0.1, 0.15) is 31.9 Å². The molecule has 7 heteroatoms. The maximum atomic E-state index is 5.67. The molecule has 2 aromatic rings. The number of aromatic nitrogens is 2. The highest BCUT2D eigenvalue weighted by atomic mass is 16.3. The molecule has 0 spiro atoms. The number of aliphatic imine (C=N–C) groups is 2. The number of hydrazine groups is 1. The lowest BCUT2D eigenvalue weighted by Gasteiger charge is -2.27. The molecule has 4 heterocycles. The normalized spacial score (nSPS) is 19.3. The minimum absolute atomic E-state index is 0.0250. The van der Waals surface area contributed by atoms with Gasteiger partial charge in [0, 0.05) is 32.3 Å². The van der Waals surface area contributed by atoms with E-state index in [1.807, 2.05) is 56.9 Å². The van der Waals surface area contributed by atoms with Crippen LogP contribution in [-0.4, -0.2) is 32.3 Å². The molecule has 130 valence electrons. The summed E-state index contributed by atoms with van der Waals surface area (Å²) < 4.78 is 7.72. The summed E-state index contributed by atoms with van der Waals surface area (Å²) in [6, 6.07) is 3.91. The fraction of sp³-hybridized carbons (Fsp3) is 0.389. The Morgan fingerprint density at radius 3 is 2.76 bits per heavy atom. The topological polar surface area (TPSA) is 70.9 Å². The van der Waals surface area contributed by atoms with Crippen molar-refractivity contribution in [1.29, 1.82) is 0 Å². The second-order valence-electron chi connectivity index (χ2n) is 6.54. The number of nitrogens with zero attached hydrogens (tertiary/aromatic N) is 5. The first-order valence-electron chi connectivity index (χ1n) is 8.44. The standard InChI is InChI=1S/C18H22N6O/c1-11-9-19-13(3)18-21-16(22-24(11)18)7-8-17-20-14(10-23(17)4)15-6-5-12(2)25-15/h5-6,9-10,18H,7-8H2,1-4H3,(H,21,22). The Bertz CT molecular complexity index is 901. The molecule has 1 atom stereocenters. The van der Waals surface area contributed by atoms with E-state index >= 15 is 0 Å². The lowest BCUT2D eigenvalue weighted by molar-refractivity contribution is 0.294. The number of fused-ring (bicyclic) bond motifs is 1. The van der Waals surface area contributed by atoms with Gasteiger partial charge in [0.2, 0.25) is 0 Å². The highest BCUT2D eigenvalue weighted by molar-refractivity contribution is 5.94. The minimum atomic E-state index is -0.0250. The van der Waals surface area contributed by atoms with Gasteiger partial charge in [-0.05, 0) is 32.9 Å². The number of hydrogen-bond donors (Lipinski definition) is 1. The third-order valence-corrected chi connectivity index (χ3v) is 4.53. The van der Waals surface area contributed by atoms with Crippen LogP contribution in [0.2, 0.25) is 0 Å². The molecule has 0 saturated heterocycles. The number of hydrogen-bond acceptors (Lipinski definition) is 6. The fourth-order valence-electron chi connectivity index (χ4n) is 3.10. The molecule has 0 fully saturated rings. The van der Waals surface area contributed by atoms with E-state index in [1.54, 1.807) is 0 Å². The van der Waals surface area contributed by atoms with Crippen molar-refractivity contribution in [2.45, 2.75) is 39.8 Å². The van der Waals surface area contributed by atoms with Gasteiger partial charge in [0.25, 0.3) is 0 Å². The molecule has 2 aliphatic rings. The first-order chi connectivity index (χ1) is 12.0. The summed E-state index contributed by atoms with van der Waals surface area (Å²) in [5.74, 6) is 3.67. The highest BCUT2D eigenvalue weighted by Crippen LogP contribution is 2.23. The summed E-state index contributed by atoms with van der Waals surface area (Å²) in [6.07, 6.45) is 5.46. The molecule has 4 rings (SSSR count). The van der Waals surface area contributed by atoms with Crippen molar-refractivity contribution < 1.29 is 4.42 Å². The third kappa shape index (κ3) is 2.86. The Labute approximate surface area is 146 Å². The third-order valence-electron chi connectivity index (χ3n) is 4.53. The number of aryl methyl sites for hydroxylation is 3. The number of furan rings is 1. The van der Waals surface area contributed by atoms with Gasteiger partial charge in [-0.1, -0.05) is 0 Å². The zero-order chi connectivity index (χ0) is 17.6. The van der Waals surface area contributed by atoms with Crippen LogP contribution in [0.25, 0.3) is 11.5 Å². The predicted molar refractivity (Wildman–Crippen MR) is 97.0 cm³/mol. The molecule has 1 unspecified atom stereocenters. The molecular weight excluding hydrogens is 316 g/mol. The lowest BCUT2D eigenvalue weighted by Crippen LogP contribution is -2.43. The zero-order valence-electron chi connectivity index (χ0n) is 14.9. The smallest absolute Gasteiger partial charge is 0.179 e. The first kappa shape index (κ1) is 15.7. The largest absolute Gasteiger partial charge is 0.460 e. The van der Waals surface area contributed by atoms with Crippen molar-refractivity contribution >= 4 is 11.5 Å². The molecule has 0 saturated carbocycles. The Hall–Kier alpha value is -2.83. The van der Waals surface area contributed by atoms with Crippen LogP contribution < -0.4 is 5.43 Å². The summed E-state index contributed by atoms with van der Waals surface area (Å²) in [4.78, 5) is 13.9. The maximum Gasteiger partial charge on any atom is 0.179 e. The van der Waals surface area contributed by atoms with Crippen LogP contribution in [-0.2, 0) is 13.5 Å². The van der Waals surface area contributed by atoms with Crippen LogP contribution >= 0.6 is 0 Å². The summed E-state index contributed by atoms with van der Waals surface area (Å²) in [5, 5.41) is 2.06.